The zero-order chi connectivity index (χ0) is 49.4. The van der Waals surface area contributed by atoms with Crippen molar-refractivity contribution in [3.63, 3.8) is 0 Å². The van der Waals surface area contributed by atoms with Gasteiger partial charge in [-0.3, -0.25) is 35.1 Å². The maximum Gasteiger partial charge on any atom is 0.323 e. The molecule has 9 amide bonds. The molecule has 7 aliphatic heterocycles. The summed E-state index contributed by atoms with van der Waals surface area (Å²) in [5.41, 5.74) is 7.37. The van der Waals surface area contributed by atoms with Crippen molar-refractivity contribution in [1.29, 1.82) is 0 Å². The summed E-state index contributed by atoms with van der Waals surface area (Å²) in [5, 5.41) is 24.3. The van der Waals surface area contributed by atoms with Crippen molar-refractivity contribution in [2.24, 2.45) is 5.73 Å². The number of anilines is 4. The highest BCUT2D eigenvalue weighted by Gasteiger charge is 2.50. The van der Waals surface area contributed by atoms with Crippen LogP contribution < -0.4 is 57.2 Å². The van der Waals surface area contributed by atoms with E-state index in [4.69, 9.17) is 10.8 Å². The number of carboxylic acid groups (broad SMARTS) is 1. The summed E-state index contributed by atoms with van der Waals surface area (Å²) in [6.07, 6.45) is 4.91. The van der Waals surface area contributed by atoms with Gasteiger partial charge >= 0.3 is 24.1 Å². The van der Waals surface area contributed by atoms with Crippen LogP contribution in [0.2, 0.25) is 0 Å². The summed E-state index contributed by atoms with van der Waals surface area (Å²) < 4.78 is 0. The fourth-order valence-corrected chi connectivity index (χ4v) is 10.0. The molecule has 9 N–H and O–H groups in total. The molecule has 11 rings (SSSR count). The third kappa shape index (κ3) is 12.9. The number of nitrogens with zero attached hydrogens (tertiary/aromatic N) is 4. The molecule has 0 unspecified atom stereocenters. The number of aliphatic carboxylic acids is 1. The Labute approximate surface area is 428 Å². The molecule has 0 radical (unpaired) electrons. The standard InChI is InChI=1S/3C13H15N3O2.C12H16N2O2.3CH4/c3*17-11-13(15-12(18)14-11)6-8-16(9-7-13)10-4-2-1-3-5-10;13-12(11(15)16)6-8-14(9-7-12)10-4-2-1-3-5-10;;;/h3*1-5H,6-9H2,(H2,14,15,17,18);1-5H,6-9,13H2,(H,15,16);3*1H4. The highest BCUT2D eigenvalue weighted by molar-refractivity contribution is 6.08. The molecule has 4 aromatic rings. The van der Waals surface area contributed by atoms with Gasteiger partial charge in [0.05, 0.1) is 0 Å². The first-order valence-corrected chi connectivity index (χ1v) is 23.8. The number of urea groups is 3. The van der Waals surface area contributed by atoms with Crippen LogP contribution in [0.5, 0.6) is 0 Å². The highest BCUT2D eigenvalue weighted by Crippen LogP contribution is 2.31. The van der Waals surface area contributed by atoms with Crippen LogP contribution in [0.1, 0.15) is 73.6 Å². The van der Waals surface area contributed by atoms with Gasteiger partial charge in [-0.05, 0) is 99.9 Å². The van der Waals surface area contributed by atoms with Gasteiger partial charge < -0.3 is 46.4 Å². The van der Waals surface area contributed by atoms with Crippen LogP contribution in [0.4, 0.5) is 37.1 Å². The second-order valence-corrected chi connectivity index (χ2v) is 18.7. The Balaban J connectivity index is 0.000000178. The lowest BCUT2D eigenvalue weighted by Gasteiger charge is -2.38. The number of nitrogens with one attached hydrogen (secondary N) is 6. The van der Waals surface area contributed by atoms with Gasteiger partial charge in [-0.1, -0.05) is 95.1 Å². The molecule has 0 bridgehead atoms. The lowest BCUT2D eigenvalue weighted by molar-refractivity contribution is -0.144. The zero-order valence-electron chi connectivity index (χ0n) is 39.0. The number of carboxylic acids is 1. The average Bonchev–Trinajstić information content (AvgIpc) is 3.94. The molecule has 73 heavy (non-hydrogen) atoms. The Bertz CT molecular complexity index is 2290. The quantitative estimate of drug-likeness (QED) is 0.114. The first-order chi connectivity index (χ1) is 33.7. The molecular formula is C54H73N11O8. The fourth-order valence-electron chi connectivity index (χ4n) is 10.0. The highest BCUT2D eigenvalue weighted by atomic mass is 16.4. The van der Waals surface area contributed by atoms with Gasteiger partial charge in [0.2, 0.25) is 0 Å². The molecule has 19 nitrogen and oxygen atoms in total. The summed E-state index contributed by atoms with van der Waals surface area (Å²) in [6, 6.07) is 39.2. The van der Waals surface area contributed by atoms with E-state index in [0.29, 0.717) is 64.5 Å². The van der Waals surface area contributed by atoms with Gasteiger partial charge in [-0.25, -0.2) is 14.4 Å². The van der Waals surface area contributed by atoms with Gasteiger partial charge in [0.15, 0.2) is 0 Å². The van der Waals surface area contributed by atoms with Crippen LogP contribution in [0.3, 0.4) is 0 Å². The third-order valence-electron chi connectivity index (χ3n) is 14.5. The third-order valence-corrected chi connectivity index (χ3v) is 14.5. The van der Waals surface area contributed by atoms with Crippen molar-refractivity contribution in [1.82, 2.24) is 31.9 Å². The van der Waals surface area contributed by atoms with Crippen molar-refractivity contribution in [3.8, 4) is 0 Å². The van der Waals surface area contributed by atoms with Crippen LogP contribution in [0.15, 0.2) is 121 Å². The first-order valence-electron chi connectivity index (χ1n) is 23.8. The first kappa shape index (κ1) is 56.2. The van der Waals surface area contributed by atoms with Crippen LogP contribution in [-0.4, -0.2) is 121 Å². The van der Waals surface area contributed by atoms with Gasteiger partial charge in [-0.2, -0.15) is 0 Å². The molecule has 7 fully saturated rings. The maximum atomic E-state index is 11.8. The topological polar surface area (TPSA) is 251 Å². The molecule has 3 spiro atoms. The van der Waals surface area contributed by atoms with Crippen molar-refractivity contribution in [2.45, 2.75) is 95.8 Å². The molecule has 19 heteroatoms. The molecule has 7 saturated heterocycles. The van der Waals surface area contributed by atoms with Crippen molar-refractivity contribution < 1.29 is 38.7 Å². The van der Waals surface area contributed by atoms with Crippen LogP contribution in [0.25, 0.3) is 0 Å². The molecule has 392 valence electrons. The number of imide groups is 3. The van der Waals surface area contributed by atoms with E-state index in [2.05, 4.69) is 87.9 Å². The molecule has 0 aliphatic carbocycles. The molecular weight excluding hydrogens is 931 g/mol. The summed E-state index contributed by atoms with van der Waals surface area (Å²) >= 11 is 0. The summed E-state index contributed by atoms with van der Waals surface area (Å²) in [4.78, 5) is 88.9. The summed E-state index contributed by atoms with van der Waals surface area (Å²) in [7, 11) is 0. The molecule has 0 atom stereocenters. The van der Waals surface area contributed by atoms with Crippen molar-refractivity contribution in [2.75, 3.05) is 72.0 Å². The Morgan fingerprint density at radius 2 is 0.589 bits per heavy atom. The van der Waals surface area contributed by atoms with E-state index in [1.807, 2.05) is 84.9 Å². The number of amides is 9. The number of hydrogen-bond donors (Lipinski definition) is 8. The fraction of sp³-hybridized carbons (Fsp3) is 0.426. The zero-order valence-corrected chi connectivity index (χ0v) is 39.0. The lowest BCUT2D eigenvalue weighted by atomic mass is 9.87. The minimum absolute atomic E-state index is 0. The van der Waals surface area contributed by atoms with E-state index in [9.17, 15) is 33.6 Å². The smallest absolute Gasteiger partial charge is 0.323 e. The van der Waals surface area contributed by atoms with E-state index in [-0.39, 0.29) is 58.1 Å². The van der Waals surface area contributed by atoms with E-state index < -0.39 is 28.1 Å². The maximum absolute atomic E-state index is 11.8. The number of rotatable bonds is 5. The molecule has 0 aromatic heterocycles. The predicted molar refractivity (Wildman–Crippen MR) is 285 cm³/mol. The van der Waals surface area contributed by atoms with Gasteiger partial charge in [0, 0.05) is 75.1 Å². The Hall–Kier alpha value is -7.67. The molecule has 0 saturated carbocycles. The Kier molecular flexibility index (Phi) is 18.6. The van der Waals surface area contributed by atoms with E-state index in [1.54, 1.807) is 0 Å². The normalized spacial score (nSPS) is 20.5. The number of carbonyl (C=O) groups excluding carboxylic acids is 6. The lowest BCUT2D eigenvalue weighted by Crippen LogP contribution is -2.55. The second kappa shape index (κ2) is 24.2. The number of benzene rings is 4. The molecule has 7 heterocycles. The Morgan fingerprint density at radius 1 is 0.384 bits per heavy atom. The van der Waals surface area contributed by atoms with Crippen molar-refractivity contribution >= 4 is 64.5 Å². The van der Waals surface area contributed by atoms with Crippen molar-refractivity contribution in [3.05, 3.63) is 121 Å². The molecule has 4 aromatic carbocycles. The van der Waals surface area contributed by atoms with Crippen LogP contribution in [-0.2, 0) is 19.2 Å². The predicted octanol–water partition coefficient (Wildman–Crippen LogP) is 5.57. The SMILES string of the molecule is C.C.C.NC1(C(=O)O)CCN(c2ccccc2)CC1.O=C1NC(=O)C2(CCN(c3ccccc3)CC2)N1.O=C1NC(=O)C2(CCN(c3ccccc3)CC2)N1.O=C1NC(=O)C2(CCN(c3ccccc3)CC2)N1. The minimum Gasteiger partial charge on any atom is -0.480 e. The summed E-state index contributed by atoms with van der Waals surface area (Å²) in [6.45, 7) is 6.06. The number of hydrogen-bond acceptors (Lipinski definition) is 12. The van der Waals surface area contributed by atoms with E-state index in [1.165, 1.54) is 0 Å². The number of carbonyl (C=O) groups is 7. The molecule has 7 aliphatic rings. The largest absolute Gasteiger partial charge is 0.480 e. The minimum atomic E-state index is -1.04. The number of nitrogens with two attached hydrogens (primary N) is 1. The van der Waals surface area contributed by atoms with Crippen LogP contribution >= 0.6 is 0 Å². The number of piperidine rings is 4. The van der Waals surface area contributed by atoms with Gasteiger partial charge in [-0.15, -0.1) is 0 Å². The van der Waals surface area contributed by atoms with E-state index in [0.717, 1.165) is 62.0 Å². The number of para-hydroxylation sites is 4. The average molecular weight is 1000 g/mol. The van der Waals surface area contributed by atoms with Gasteiger partial charge in [0.25, 0.3) is 17.7 Å². The van der Waals surface area contributed by atoms with Crippen LogP contribution in [0, 0.1) is 0 Å². The Morgan fingerprint density at radius 3 is 0.767 bits per heavy atom. The summed E-state index contributed by atoms with van der Waals surface area (Å²) in [5.74, 6) is -1.43. The second-order valence-electron chi connectivity index (χ2n) is 18.7. The van der Waals surface area contributed by atoms with Gasteiger partial charge in [0.1, 0.15) is 22.2 Å². The monoisotopic (exact) mass is 1000 g/mol. The van der Waals surface area contributed by atoms with E-state index >= 15 is 0 Å².